The van der Waals surface area contributed by atoms with Crippen molar-refractivity contribution in [2.45, 2.75) is 12.1 Å². The summed E-state index contributed by atoms with van der Waals surface area (Å²) in [5.74, 6) is 0.855. The molecule has 3 rings (SSSR count). The predicted octanol–water partition coefficient (Wildman–Crippen LogP) is 3.35. The van der Waals surface area contributed by atoms with Crippen LogP contribution in [0.2, 0.25) is 0 Å². The van der Waals surface area contributed by atoms with Crippen LogP contribution in [0.3, 0.4) is 0 Å². The van der Waals surface area contributed by atoms with Gasteiger partial charge in [-0.05, 0) is 43.3 Å². The first-order valence-corrected chi connectivity index (χ1v) is 8.10. The van der Waals surface area contributed by atoms with E-state index in [0.29, 0.717) is 23.1 Å². The van der Waals surface area contributed by atoms with Crippen molar-refractivity contribution in [1.82, 2.24) is 9.97 Å². The van der Waals surface area contributed by atoms with Crippen molar-refractivity contribution < 1.29 is 13.9 Å². The summed E-state index contributed by atoms with van der Waals surface area (Å²) in [5, 5.41) is 3.25. The molecule has 0 unspecified atom stereocenters. The molecule has 0 bridgehead atoms. The number of oxazole rings is 1. The second-order valence-corrected chi connectivity index (χ2v) is 5.53. The molecule has 0 saturated carbocycles. The topological polar surface area (TPSA) is 77.2 Å². The molecule has 1 amide bonds. The Bertz CT molecular complexity index is 769. The molecule has 2 heterocycles. The first kappa shape index (κ1) is 15.4. The van der Waals surface area contributed by atoms with E-state index in [0.717, 1.165) is 11.4 Å². The van der Waals surface area contributed by atoms with Crippen LogP contribution in [-0.4, -0.2) is 28.2 Å². The zero-order valence-corrected chi connectivity index (χ0v) is 13.3. The number of nitrogens with one attached hydrogen (secondary N) is 1. The van der Waals surface area contributed by atoms with Crippen LogP contribution < -0.4 is 10.1 Å². The highest BCUT2D eigenvalue weighted by atomic mass is 32.2. The number of carbonyl (C=O) groups excluding carboxylic acids is 1. The Kier molecular flexibility index (Phi) is 4.77. The van der Waals surface area contributed by atoms with Gasteiger partial charge in [0.2, 0.25) is 5.91 Å². The van der Waals surface area contributed by atoms with Crippen LogP contribution in [0.1, 0.15) is 6.92 Å². The van der Waals surface area contributed by atoms with E-state index in [-0.39, 0.29) is 11.7 Å². The standard InChI is InChI=1S/C16H15N3O3S/c1-2-21-12-7-5-11(6-8-12)18-14(20)10-23-16-19-15-13(22-16)4-3-9-17-15/h3-9H,2,10H2,1H3,(H,18,20). The van der Waals surface area contributed by atoms with E-state index in [1.807, 2.05) is 19.1 Å². The Balaban J connectivity index is 1.54. The molecular weight excluding hydrogens is 314 g/mol. The summed E-state index contributed by atoms with van der Waals surface area (Å²) in [6.07, 6.45) is 1.65. The Labute approximate surface area is 137 Å². The number of thioether (sulfide) groups is 1. The van der Waals surface area contributed by atoms with Crippen LogP contribution in [0.25, 0.3) is 11.2 Å². The molecule has 0 radical (unpaired) electrons. The third-order valence-corrected chi connectivity index (χ3v) is 3.75. The molecular formula is C16H15N3O3S. The third-order valence-electron chi connectivity index (χ3n) is 2.92. The fourth-order valence-corrected chi connectivity index (χ4v) is 2.56. The maximum absolute atomic E-state index is 12.0. The van der Waals surface area contributed by atoms with E-state index in [4.69, 9.17) is 9.15 Å². The van der Waals surface area contributed by atoms with Gasteiger partial charge >= 0.3 is 0 Å². The van der Waals surface area contributed by atoms with Crippen LogP contribution in [0.5, 0.6) is 5.75 Å². The number of aromatic nitrogens is 2. The van der Waals surface area contributed by atoms with E-state index in [2.05, 4.69) is 15.3 Å². The van der Waals surface area contributed by atoms with Gasteiger partial charge in [-0.25, -0.2) is 4.98 Å². The van der Waals surface area contributed by atoms with Crippen LogP contribution in [0.4, 0.5) is 5.69 Å². The number of amides is 1. The highest BCUT2D eigenvalue weighted by Gasteiger charge is 2.10. The first-order chi connectivity index (χ1) is 11.2. The van der Waals surface area contributed by atoms with Gasteiger partial charge in [0.1, 0.15) is 5.75 Å². The molecule has 1 aromatic carbocycles. The molecule has 0 fully saturated rings. The number of nitrogens with zero attached hydrogens (tertiary/aromatic N) is 2. The molecule has 6 nitrogen and oxygen atoms in total. The molecule has 23 heavy (non-hydrogen) atoms. The smallest absolute Gasteiger partial charge is 0.258 e. The minimum atomic E-state index is -0.130. The number of carbonyl (C=O) groups is 1. The van der Waals surface area contributed by atoms with Crippen molar-refractivity contribution >= 4 is 34.6 Å². The summed E-state index contributed by atoms with van der Waals surface area (Å²) in [6, 6.07) is 10.8. The van der Waals surface area contributed by atoms with E-state index in [9.17, 15) is 4.79 Å². The second kappa shape index (κ2) is 7.15. The summed E-state index contributed by atoms with van der Waals surface area (Å²) in [4.78, 5) is 20.3. The van der Waals surface area contributed by atoms with Crippen molar-refractivity contribution in [3.63, 3.8) is 0 Å². The summed E-state index contributed by atoms with van der Waals surface area (Å²) in [5.41, 5.74) is 1.88. The summed E-state index contributed by atoms with van der Waals surface area (Å²) < 4.78 is 10.9. The van der Waals surface area contributed by atoms with Gasteiger partial charge < -0.3 is 14.5 Å². The minimum Gasteiger partial charge on any atom is -0.494 e. The molecule has 0 spiro atoms. The Morgan fingerprint density at radius 3 is 2.87 bits per heavy atom. The van der Waals surface area contributed by atoms with Crippen LogP contribution in [-0.2, 0) is 4.79 Å². The predicted molar refractivity (Wildman–Crippen MR) is 88.8 cm³/mol. The lowest BCUT2D eigenvalue weighted by atomic mass is 10.3. The van der Waals surface area contributed by atoms with E-state index >= 15 is 0 Å². The molecule has 0 aliphatic carbocycles. The lowest BCUT2D eigenvalue weighted by Gasteiger charge is -2.06. The summed E-state index contributed by atoms with van der Waals surface area (Å²) in [6.45, 7) is 2.54. The van der Waals surface area contributed by atoms with Gasteiger partial charge in [-0.3, -0.25) is 4.79 Å². The van der Waals surface area contributed by atoms with Gasteiger partial charge in [0.25, 0.3) is 5.22 Å². The molecule has 7 heteroatoms. The monoisotopic (exact) mass is 329 g/mol. The average molecular weight is 329 g/mol. The van der Waals surface area contributed by atoms with Crippen LogP contribution in [0, 0.1) is 0 Å². The van der Waals surface area contributed by atoms with Crippen molar-refractivity contribution in [1.29, 1.82) is 0 Å². The molecule has 0 aliphatic heterocycles. The Morgan fingerprint density at radius 1 is 1.30 bits per heavy atom. The zero-order chi connectivity index (χ0) is 16.1. The van der Waals surface area contributed by atoms with Gasteiger partial charge in [-0.2, -0.15) is 4.98 Å². The average Bonchev–Trinajstić information content (AvgIpc) is 2.98. The van der Waals surface area contributed by atoms with E-state index in [1.54, 1.807) is 30.5 Å². The Morgan fingerprint density at radius 2 is 2.13 bits per heavy atom. The van der Waals surface area contributed by atoms with Crippen molar-refractivity contribution in [3.8, 4) is 5.75 Å². The molecule has 0 aliphatic rings. The lowest BCUT2D eigenvalue weighted by molar-refractivity contribution is -0.113. The maximum atomic E-state index is 12.0. The zero-order valence-electron chi connectivity index (χ0n) is 12.5. The van der Waals surface area contributed by atoms with E-state index in [1.165, 1.54) is 11.8 Å². The highest BCUT2D eigenvalue weighted by molar-refractivity contribution is 7.99. The normalized spacial score (nSPS) is 10.7. The van der Waals surface area contributed by atoms with Gasteiger partial charge in [0.05, 0.1) is 12.4 Å². The van der Waals surface area contributed by atoms with Crippen LogP contribution >= 0.6 is 11.8 Å². The van der Waals surface area contributed by atoms with Gasteiger partial charge in [0.15, 0.2) is 11.2 Å². The van der Waals surface area contributed by atoms with Gasteiger partial charge in [0, 0.05) is 11.9 Å². The summed E-state index contributed by atoms with van der Waals surface area (Å²) >= 11 is 1.23. The second-order valence-electron chi connectivity index (χ2n) is 4.60. The fraction of sp³-hybridized carbons (Fsp3) is 0.188. The quantitative estimate of drug-likeness (QED) is 0.699. The number of pyridine rings is 1. The molecule has 118 valence electrons. The highest BCUT2D eigenvalue weighted by Crippen LogP contribution is 2.22. The first-order valence-electron chi connectivity index (χ1n) is 7.11. The Hall–Kier alpha value is -2.54. The number of anilines is 1. The molecule has 0 saturated heterocycles. The van der Waals surface area contributed by atoms with Crippen molar-refractivity contribution in [2.75, 3.05) is 17.7 Å². The number of rotatable bonds is 6. The van der Waals surface area contributed by atoms with Crippen LogP contribution in [0.15, 0.2) is 52.2 Å². The number of ether oxygens (including phenoxy) is 1. The maximum Gasteiger partial charge on any atom is 0.258 e. The lowest BCUT2D eigenvalue weighted by Crippen LogP contribution is -2.13. The largest absolute Gasteiger partial charge is 0.494 e. The van der Waals surface area contributed by atoms with E-state index < -0.39 is 0 Å². The van der Waals surface area contributed by atoms with Gasteiger partial charge in [-0.15, -0.1) is 0 Å². The summed E-state index contributed by atoms with van der Waals surface area (Å²) in [7, 11) is 0. The van der Waals surface area contributed by atoms with Gasteiger partial charge in [-0.1, -0.05) is 11.8 Å². The number of hydrogen-bond donors (Lipinski definition) is 1. The molecule has 0 atom stereocenters. The van der Waals surface area contributed by atoms with Crippen molar-refractivity contribution in [3.05, 3.63) is 42.6 Å². The SMILES string of the molecule is CCOc1ccc(NC(=O)CSc2nc3ncccc3o2)cc1. The molecule has 1 N–H and O–H groups in total. The molecule has 2 aromatic heterocycles. The number of fused-ring (bicyclic) bond motifs is 1. The third kappa shape index (κ3) is 4.01. The van der Waals surface area contributed by atoms with Crippen molar-refractivity contribution in [2.24, 2.45) is 0 Å². The number of benzene rings is 1. The molecule has 3 aromatic rings. The minimum absolute atomic E-state index is 0.130. The number of hydrogen-bond acceptors (Lipinski definition) is 6. The fourth-order valence-electron chi connectivity index (χ4n) is 1.94.